The van der Waals surface area contributed by atoms with Gasteiger partial charge in [0, 0.05) is 30.1 Å². The van der Waals surface area contributed by atoms with Crippen LogP contribution in [0.2, 0.25) is 0 Å². The van der Waals surface area contributed by atoms with Crippen molar-refractivity contribution in [3.63, 3.8) is 0 Å². The number of rotatable bonds is 2. The number of aromatic nitrogens is 4. The smallest absolute Gasteiger partial charge is 0.273 e. The summed E-state index contributed by atoms with van der Waals surface area (Å²) in [4.78, 5) is 20.8. The van der Waals surface area contributed by atoms with Gasteiger partial charge in [0.05, 0.1) is 11.4 Å². The zero-order valence-electron chi connectivity index (χ0n) is 11.9. The lowest BCUT2D eigenvalue weighted by Crippen LogP contribution is -2.14. The molecule has 0 saturated heterocycles. The molecule has 0 fully saturated rings. The average molecular weight is 306 g/mol. The highest BCUT2D eigenvalue weighted by molar-refractivity contribution is 5.66. The maximum atomic E-state index is 13.0. The second-order valence-electron chi connectivity index (χ2n) is 5.09. The Hall–Kier alpha value is -3.28. The molecule has 1 N–H and O–H groups in total. The molecule has 3 heterocycles. The Morgan fingerprint density at radius 1 is 1.04 bits per heavy atom. The third kappa shape index (κ3) is 2.40. The van der Waals surface area contributed by atoms with Gasteiger partial charge in [-0.15, -0.1) is 0 Å². The van der Waals surface area contributed by atoms with E-state index in [2.05, 4.69) is 15.1 Å². The van der Waals surface area contributed by atoms with Crippen LogP contribution in [0.25, 0.3) is 28.2 Å². The van der Waals surface area contributed by atoms with E-state index in [1.54, 1.807) is 36.7 Å². The first-order chi connectivity index (χ1) is 11.2. The van der Waals surface area contributed by atoms with Gasteiger partial charge in [0.15, 0.2) is 5.65 Å². The maximum absolute atomic E-state index is 13.0. The van der Waals surface area contributed by atoms with Gasteiger partial charge in [-0.25, -0.2) is 13.9 Å². The lowest BCUT2D eigenvalue weighted by molar-refractivity contribution is 0.628. The number of H-pyrrole nitrogens is 1. The lowest BCUT2D eigenvalue weighted by Gasteiger charge is -1.99. The minimum absolute atomic E-state index is 0.220. The van der Waals surface area contributed by atoms with Crippen molar-refractivity contribution in [1.82, 2.24) is 19.6 Å². The van der Waals surface area contributed by atoms with Crippen LogP contribution in [0.3, 0.4) is 0 Å². The largest absolute Gasteiger partial charge is 0.289 e. The molecule has 0 bridgehead atoms. The normalized spacial score (nSPS) is 11.0. The monoisotopic (exact) mass is 306 g/mol. The number of pyridine rings is 1. The zero-order valence-corrected chi connectivity index (χ0v) is 11.9. The van der Waals surface area contributed by atoms with E-state index < -0.39 is 0 Å². The van der Waals surface area contributed by atoms with Gasteiger partial charge in [-0.05, 0) is 42.0 Å². The number of hydrogen-bond acceptors (Lipinski definition) is 3. The van der Waals surface area contributed by atoms with E-state index >= 15 is 0 Å². The standard InChI is InChI=1S/C17H11FN4O/c18-13-5-3-11(4-6-13)15-8-16-20-14(9-17(23)22(16)21-15)12-2-1-7-19-10-12/h1-10,21H. The molecular weight excluding hydrogens is 295 g/mol. The highest BCUT2D eigenvalue weighted by atomic mass is 19.1. The first-order valence-corrected chi connectivity index (χ1v) is 7.00. The molecule has 0 amide bonds. The second kappa shape index (κ2) is 5.17. The summed E-state index contributed by atoms with van der Waals surface area (Å²) in [7, 11) is 0. The number of aromatic amines is 1. The summed E-state index contributed by atoms with van der Waals surface area (Å²) in [6, 6.07) is 12.9. The second-order valence-corrected chi connectivity index (χ2v) is 5.09. The summed E-state index contributed by atoms with van der Waals surface area (Å²) in [5, 5.41) is 2.98. The van der Waals surface area contributed by atoms with E-state index in [9.17, 15) is 9.18 Å². The Kier molecular flexibility index (Phi) is 3.01. The molecular formula is C17H11FN4O. The summed E-state index contributed by atoms with van der Waals surface area (Å²) in [6.07, 6.45) is 3.32. The van der Waals surface area contributed by atoms with Crippen molar-refractivity contribution < 1.29 is 4.39 Å². The minimum Gasteiger partial charge on any atom is -0.289 e. The van der Waals surface area contributed by atoms with Crippen molar-refractivity contribution in [2.45, 2.75) is 0 Å². The van der Waals surface area contributed by atoms with Crippen LogP contribution in [-0.4, -0.2) is 19.6 Å². The van der Waals surface area contributed by atoms with Crippen LogP contribution < -0.4 is 5.56 Å². The van der Waals surface area contributed by atoms with E-state index in [4.69, 9.17) is 0 Å². The molecule has 4 rings (SSSR count). The number of nitrogens with one attached hydrogen (secondary N) is 1. The quantitative estimate of drug-likeness (QED) is 0.619. The van der Waals surface area contributed by atoms with Crippen molar-refractivity contribution in [2.24, 2.45) is 0 Å². The molecule has 6 heteroatoms. The van der Waals surface area contributed by atoms with Gasteiger partial charge in [-0.2, -0.15) is 0 Å². The fourth-order valence-electron chi connectivity index (χ4n) is 2.43. The number of hydrogen-bond donors (Lipinski definition) is 1. The molecule has 4 aromatic rings. The van der Waals surface area contributed by atoms with E-state index in [1.165, 1.54) is 22.7 Å². The molecule has 3 aromatic heterocycles. The van der Waals surface area contributed by atoms with Gasteiger partial charge < -0.3 is 0 Å². The van der Waals surface area contributed by atoms with E-state index in [-0.39, 0.29) is 11.4 Å². The van der Waals surface area contributed by atoms with Crippen molar-refractivity contribution in [2.75, 3.05) is 0 Å². The topological polar surface area (TPSA) is 63.0 Å². The van der Waals surface area contributed by atoms with Crippen LogP contribution in [0.4, 0.5) is 4.39 Å². The predicted octanol–water partition coefficient (Wildman–Crippen LogP) is 2.89. The molecule has 112 valence electrons. The summed E-state index contributed by atoms with van der Waals surface area (Å²) < 4.78 is 14.4. The van der Waals surface area contributed by atoms with Crippen molar-refractivity contribution in [3.05, 3.63) is 77.1 Å². The minimum atomic E-state index is -0.306. The molecule has 0 saturated carbocycles. The molecule has 1 aromatic carbocycles. The van der Waals surface area contributed by atoms with Gasteiger partial charge >= 0.3 is 0 Å². The van der Waals surface area contributed by atoms with Gasteiger partial charge in [-0.1, -0.05) is 0 Å². The van der Waals surface area contributed by atoms with E-state index in [0.29, 0.717) is 17.0 Å². The Morgan fingerprint density at radius 3 is 2.61 bits per heavy atom. The van der Waals surface area contributed by atoms with Crippen LogP contribution >= 0.6 is 0 Å². The Morgan fingerprint density at radius 2 is 1.87 bits per heavy atom. The molecule has 0 aliphatic carbocycles. The first-order valence-electron chi connectivity index (χ1n) is 7.00. The van der Waals surface area contributed by atoms with Crippen LogP contribution in [0.5, 0.6) is 0 Å². The van der Waals surface area contributed by atoms with Gasteiger partial charge in [-0.3, -0.25) is 14.9 Å². The number of fused-ring (bicyclic) bond motifs is 1. The van der Waals surface area contributed by atoms with Crippen LogP contribution in [-0.2, 0) is 0 Å². The Bertz CT molecular complexity index is 1040. The van der Waals surface area contributed by atoms with Crippen molar-refractivity contribution in [3.8, 4) is 22.5 Å². The molecule has 0 spiro atoms. The van der Waals surface area contributed by atoms with Gasteiger partial charge in [0.25, 0.3) is 5.56 Å². The fraction of sp³-hybridized carbons (Fsp3) is 0. The van der Waals surface area contributed by atoms with Gasteiger partial charge in [0.2, 0.25) is 0 Å². The first kappa shape index (κ1) is 13.4. The average Bonchev–Trinajstić information content (AvgIpc) is 3.01. The molecule has 0 unspecified atom stereocenters. The fourth-order valence-corrected chi connectivity index (χ4v) is 2.43. The highest BCUT2D eigenvalue weighted by Gasteiger charge is 2.09. The lowest BCUT2D eigenvalue weighted by atomic mass is 10.1. The molecule has 23 heavy (non-hydrogen) atoms. The SMILES string of the molecule is O=c1cc(-c2cccnc2)nc2cc(-c3ccc(F)cc3)[nH]n12. The van der Waals surface area contributed by atoms with Crippen LogP contribution in [0, 0.1) is 5.82 Å². The molecule has 0 radical (unpaired) electrons. The Labute approximate surface area is 130 Å². The number of halogens is 1. The van der Waals surface area contributed by atoms with E-state index in [1.807, 2.05) is 6.07 Å². The summed E-state index contributed by atoms with van der Waals surface area (Å²) in [6.45, 7) is 0. The number of benzene rings is 1. The van der Waals surface area contributed by atoms with Crippen LogP contribution in [0.1, 0.15) is 0 Å². The summed E-state index contributed by atoms with van der Waals surface area (Å²) in [5.41, 5.74) is 3.08. The maximum Gasteiger partial charge on any atom is 0.273 e. The van der Waals surface area contributed by atoms with Gasteiger partial charge in [0.1, 0.15) is 5.82 Å². The Balaban J connectivity index is 1.87. The molecule has 5 nitrogen and oxygen atoms in total. The third-order valence-corrected chi connectivity index (χ3v) is 3.56. The number of nitrogens with zero attached hydrogens (tertiary/aromatic N) is 3. The van der Waals surface area contributed by atoms with E-state index in [0.717, 1.165) is 11.1 Å². The predicted molar refractivity (Wildman–Crippen MR) is 84.4 cm³/mol. The summed E-state index contributed by atoms with van der Waals surface area (Å²) >= 11 is 0. The molecule has 0 aliphatic rings. The van der Waals surface area contributed by atoms with Crippen LogP contribution in [0.15, 0.2) is 65.7 Å². The summed E-state index contributed by atoms with van der Waals surface area (Å²) in [5.74, 6) is -0.306. The highest BCUT2D eigenvalue weighted by Crippen LogP contribution is 2.20. The third-order valence-electron chi connectivity index (χ3n) is 3.56. The van der Waals surface area contributed by atoms with Crippen molar-refractivity contribution >= 4 is 5.65 Å². The zero-order chi connectivity index (χ0) is 15.8. The molecule has 0 atom stereocenters. The van der Waals surface area contributed by atoms with Crippen molar-refractivity contribution in [1.29, 1.82) is 0 Å². The molecule has 0 aliphatic heterocycles.